The predicted molar refractivity (Wildman–Crippen MR) is 72.6 cm³/mol. The van der Waals surface area contributed by atoms with E-state index in [-0.39, 0.29) is 24.0 Å². The van der Waals surface area contributed by atoms with Gasteiger partial charge in [-0.05, 0) is 18.2 Å². The van der Waals surface area contributed by atoms with E-state index >= 15 is 0 Å². The molecule has 1 rings (SSSR count). The van der Waals surface area contributed by atoms with Crippen LogP contribution in [0.15, 0.2) is 36.8 Å². The van der Waals surface area contributed by atoms with E-state index in [4.69, 9.17) is 14.5 Å². The Bertz CT molecular complexity index is 524. The van der Waals surface area contributed by atoms with Gasteiger partial charge in [-0.2, -0.15) is 0 Å². The lowest BCUT2D eigenvalue weighted by molar-refractivity contribution is 0.0942. The van der Waals surface area contributed by atoms with Crippen LogP contribution in [-0.4, -0.2) is 36.0 Å². The highest BCUT2D eigenvalue weighted by Crippen LogP contribution is 2.32. The van der Waals surface area contributed by atoms with Crippen LogP contribution >= 0.6 is 7.60 Å². The molecule has 0 aliphatic rings. The van der Waals surface area contributed by atoms with Gasteiger partial charge < -0.3 is 24.6 Å². The molecule has 0 aliphatic heterocycles. The summed E-state index contributed by atoms with van der Waals surface area (Å²) in [5, 5.41) is 2.37. The van der Waals surface area contributed by atoms with Crippen LogP contribution in [-0.2, 0) is 14.0 Å². The normalized spacial score (nSPS) is 11.3. The lowest BCUT2D eigenvalue weighted by Crippen LogP contribution is -2.27. The minimum Gasteiger partial charge on any atom is -0.501 e. The van der Waals surface area contributed by atoms with Crippen molar-refractivity contribution in [3.63, 3.8) is 0 Å². The highest BCUT2D eigenvalue weighted by atomic mass is 31.2. The number of hydrogen-bond donors (Lipinski definition) is 3. The molecule has 0 aliphatic carbocycles. The Morgan fingerprint density at radius 3 is 2.80 bits per heavy atom. The fourth-order valence-corrected chi connectivity index (χ4v) is 1.90. The molecule has 7 nitrogen and oxygen atoms in total. The molecule has 0 heterocycles. The summed E-state index contributed by atoms with van der Waals surface area (Å²) in [5.41, 5.74) is 0.179. The van der Waals surface area contributed by atoms with E-state index in [0.717, 1.165) is 0 Å². The number of amides is 1. The lowest BCUT2D eigenvalue weighted by atomic mass is 10.2. The number of rotatable bonds is 7. The molecule has 0 bridgehead atoms. The van der Waals surface area contributed by atoms with Crippen molar-refractivity contribution >= 4 is 18.8 Å². The minimum atomic E-state index is -4.36. The Balaban J connectivity index is 2.52. The standard InChI is InChI=1S/C12H16NO6P/c1-18-7-8-19-6-5-13-12(14)10-3-2-4-11(9-10)20(15,16)17/h2-4,7-9H,5-6H2,1H3,(H,13,14)(H2,15,16,17)/b8-7+. The highest BCUT2D eigenvalue weighted by Gasteiger charge is 2.18. The van der Waals surface area contributed by atoms with E-state index in [1.807, 2.05) is 0 Å². The molecular formula is C12H16NO6P. The summed E-state index contributed by atoms with van der Waals surface area (Å²) in [4.78, 5) is 29.8. The average Bonchev–Trinajstić information content (AvgIpc) is 2.41. The Morgan fingerprint density at radius 2 is 2.15 bits per heavy atom. The van der Waals surface area contributed by atoms with Gasteiger partial charge in [-0.3, -0.25) is 9.36 Å². The average molecular weight is 301 g/mol. The van der Waals surface area contributed by atoms with Crippen LogP contribution in [0.2, 0.25) is 0 Å². The maximum atomic E-state index is 11.8. The van der Waals surface area contributed by atoms with Gasteiger partial charge in [-0.15, -0.1) is 0 Å². The summed E-state index contributed by atoms with van der Waals surface area (Å²) in [6.07, 6.45) is 2.70. The van der Waals surface area contributed by atoms with E-state index in [9.17, 15) is 9.36 Å². The summed E-state index contributed by atoms with van der Waals surface area (Å²) in [6.45, 7) is 0.511. The van der Waals surface area contributed by atoms with Gasteiger partial charge in [0, 0.05) is 5.56 Å². The molecule has 0 spiro atoms. The third kappa shape index (κ3) is 5.44. The van der Waals surface area contributed by atoms with E-state index in [1.165, 1.54) is 43.9 Å². The molecule has 0 unspecified atom stereocenters. The van der Waals surface area contributed by atoms with Gasteiger partial charge in [0.05, 0.1) is 19.0 Å². The first-order valence-corrected chi connectivity index (χ1v) is 7.30. The van der Waals surface area contributed by atoms with Gasteiger partial charge in [0.2, 0.25) is 0 Å². The molecule has 1 aromatic carbocycles. The first-order chi connectivity index (χ1) is 9.45. The molecule has 8 heteroatoms. The summed E-state index contributed by atoms with van der Waals surface area (Å²) < 4.78 is 20.7. The number of hydrogen-bond acceptors (Lipinski definition) is 4. The molecule has 20 heavy (non-hydrogen) atoms. The molecule has 0 fully saturated rings. The molecule has 3 N–H and O–H groups in total. The highest BCUT2D eigenvalue weighted by molar-refractivity contribution is 7.60. The van der Waals surface area contributed by atoms with Crippen molar-refractivity contribution in [1.82, 2.24) is 5.32 Å². The third-order valence-corrected chi connectivity index (χ3v) is 3.19. The lowest BCUT2D eigenvalue weighted by Gasteiger charge is -2.07. The fraction of sp³-hybridized carbons (Fsp3) is 0.250. The second-order valence-electron chi connectivity index (χ2n) is 3.73. The fourth-order valence-electron chi connectivity index (χ4n) is 1.32. The Labute approximate surface area is 116 Å². The number of benzene rings is 1. The van der Waals surface area contributed by atoms with E-state index in [0.29, 0.717) is 0 Å². The van der Waals surface area contributed by atoms with Gasteiger partial charge in [0.25, 0.3) is 5.91 Å². The largest absolute Gasteiger partial charge is 0.501 e. The van der Waals surface area contributed by atoms with E-state index < -0.39 is 13.5 Å². The van der Waals surface area contributed by atoms with Crippen molar-refractivity contribution in [2.75, 3.05) is 20.3 Å². The Kier molecular flexibility index (Phi) is 6.24. The molecule has 0 atom stereocenters. The molecule has 0 aromatic heterocycles. The van der Waals surface area contributed by atoms with Gasteiger partial charge in [0.1, 0.15) is 19.1 Å². The van der Waals surface area contributed by atoms with E-state index in [1.54, 1.807) is 0 Å². The van der Waals surface area contributed by atoms with Crippen molar-refractivity contribution in [1.29, 1.82) is 0 Å². The van der Waals surface area contributed by atoms with Crippen molar-refractivity contribution in [2.24, 2.45) is 0 Å². The zero-order valence-corrected chi connectivity index (χ0v) is 11.7. The van der Waals surface area contributed by atoms with Crippen molar-refractivity contribution < 1.29 is 28.6 Å². The van der Waals surface area contributed by atoms with Crippen LogP contribution in [0.3, 0.4) is 0 Å². The van der Waals surface area contributed by atoms with Crippen LogP contribution in [0.1, 0.15) is 10.4 Å². The van der Waals surface area contributed by atoms with Crippen LogP contribution < -0.4 is 10.6 Å². The third-order valence-electron chi connectivity index (χ3n) is 2.24. The second kappa shape index (κ2) is 7.69. The smallest absolute Gasteiger partial charge is 0.356 e. The van der Waals surface area contributed by atoms with Crippen molar-refractivity contribution in [3.8, 4) is 0 Å². The maximum absolute atomic E-state index is 11.8. The first-order valence-electron chi connectivity index (χ1n) is 5.69. The topological polar surface area (TPSA) is 105 Å². The van der Waals surface area contributed by atoms with Crippen LogP contribution in [0.5, 0.6) is 0 Å². The zero-order chi connectivity index (χ0) is 15.0. The van der Waals surface area contributed by atoms with Gasteiger partial charge in [-0.25, -0.2) is 0 Å². The Hall–Kier alpha value is -1.82. The molecule has 1 amide bonds. The number of nitrogens with one attached hydrogen (secondary N) is 1. The molecule has 110 valence electrons. The second-order valence-corrected chi connectivity index (χ2v) is 5.33. The Morgan fingerprint density at radius 1 is 1.40 bits per heavy atom. The first kappa shape index (κ1) is 16.2. The molecule has 0 saturated heterocycles. The number of carbonyl (C=O) groups is 1. The monoisotopic (exact) mass is 301 g/mol. The number of methoxy groups -OCH3 is 1. The molecular weight excluding hydrogens is 285 g/mol. The summed E-state index contributed by atoms with van der Waals surface area (Å²) in [7, 11) is -2.87. The van der Waals surface area contributed by atoms with Crippen LogP contribution in [0.4, 0.5) is 0 Å². The maximum Gasteiger partial charge on any atom is 0.356 e. The predicted octanol–water partition coefficient (Wildman–Crippen LogP) is 0.354. The SMILES string of the molecule is CO/C=C/OCCNC(=O)c1cccc(P(=O)(O)O)c1. The quantitative estimate of drug-likeness (QED) is 0.381. The summed E-state index contributed by atoms with van der Waals surface area (Å²) in [6, 6.07) is 5.33. The van der Waals surface area contributed by atoms with Crippen molar-refractivity contribution in [3.05, 3.63) is 42.4 Å². The molecule has 1 aromatic rings. The van der Waals surface area contributed by atoms with Gasteiger partial charge >= 0.3 is 7.60 Å². The van der Waals surface area contributed by atoms with Crippen molar-refractivity contribution in [2.45, 2.75) is 0 Å². The minimum absolute atomic E-state index is 0.179. The van der Waals surface area contributed by atoms with Gasteiger partial charge in [0.15, 0.2) is 0 Å². The zero-order valence-electron chi connectivity index (χ0n) is 10.9. The summed E-state index contributed by atoms with van der Waals surface area (Å²) >= 11 is 0. The summed E-state index contributed by atoms with van der Waals surface area (Å²) in [5.74, 6) is -0.431. The number of carbonyl (C=O) groups excluding carboxylic acids is 1. The van der Waals surface area contributed by atoms with Gasteiger partial charge in [-0.1, -0.05) is 6.07 Å². The molecule has 0 radical (unpaired) electrons. The van der Waals surface area contributed by atoms with Crippen LogP contribution in [0.25, 0.3) is 0 Å². The number of ether oxygens (including phenoxy) is 2. The van der Waals surface area contributed by atoms with Crippen LogP contribution in [0, 0.1) is 0 Å². The van der Waals surface area contributed by atoms with E-state index in [2.05, 4.69) is 10.1 Å². The molecule has 0 saturated carbocycles.